The molecule has 39 heavy (non-hydrogen) atoms. The highest BCUT2D eigenvalue weighted by Gasteiger charge is 2.48. The van der Waals surface area contributed by atoms with Crippen molar-refractivity contribution in [2.75, 3.05) is 20.2 Å². The minimum Gasteiger partial charge on any atom is -0.468 e. The second-order valence-corrected chi connectivity index (χ2v) is 9.70. The minimum atomic E-state index is -1.30. The molecule has 0 bridgehead atoms. The van der Waals surface area contributed by atoms with Crippen molar-refractivity contribution in [3.05, 3.63) is 65.5 Å². The summed E-state index contributed by atoms with van der Waals surface area (Å²) in [7, 11) is 1.15. The number of aliphatic hydroxyl groups excluding tert-OH is 1. The van der Waals surface area contributed by atoms with E-state index in [-0.39, 0.29) is 17.2 Å². The van der Waals surface area contributed by atoms with E-state index in [0.717, 1.165) is 35.0 Å². The zero-order valence-electron chi connectivity index (χ0n) is 21.9. The van der Waals surface area contributed by atoms with Crippen molar-refractivity contribution in [2.45, 2.75) is 50.9 Å². The largest absolute Gasteiger partial charge is 0.468 e. The van der Waals surface area contributed by atoms with Gasteiger partial charge in [-0.15, -0.1) is 0 Å². The number of aromatic nitrogens is 1. The maximum Gasteiger partial charge on any atom is 0.363 e. The number of aliphatic hydroxyl groups is 1. The van der Waals surface area contributed by atoms with Crippen molar-refractivity contribution in [2.24, 2.45) is 10.9 Å². The number of urea groups is 1. The van der Waals surface area contributed by atoms with E-state index in [0.29, 0.717) is 32.3 Å². The summed E-state index contributed by atoms with van der Waals surface area (Å²) in [6.07, 6.45) is 1.33. The predicted molar refractivity (Wildman–Crippen MR) is 136 cm³/mol. The van der Waals surface area contributed by atoms with Crippen molar-refractivity contribution in [3.63, 3.8) is 0 Å². The summed E-state index contributed by atoms with van der Waals surface area (Å²) in [5, 5.41) is 12.8. The number of piperidine rings is 1. The van der Waals surface area contributed by atoms with Gasteiger partial charge in [-0.1, -0.05) is 12.1 Å². The molecule has 10 nitrogen and oxygen atoms in total. The van der Waals surface area contributed by atoms with Gasteiger partial charge in [-0.05, 0) is 56.5 Å². The Labute approximate surface area is 224 Å². The molecule has 4 unspecified atom stereocenters. The number of ether oxygens (including phenoxy) is 1. The van der Waals surface area contributed by atoms with Crippen LogP contribution < -0.4 is 0 Å². The normalized spacial score (nSPS) is 22.2. The van der Waals surface area contributed by atoms with Crippen LogP contribution in [-0.2, 0) is 14.3 Å². The molecule has 4 rings (SSSR count). The smallest absolute Gasteiger partial charge is 0.363 e. The average Bonchev–Trinajstić information content (AvgIpc) is 2.93. The fourth-order valence-corrected chi connectivity index (χ4v) is 5.47. The third kappa shape index (κ3) is 5.66. The molecule has 1 fully saturated rings. The summed E-state index contributed by atoms with van der Waals surface area (Å²) in [5.41, 5.74) is 1.10. The Kier molecular flexibility index (Phi) is 8.66. The SMILES string of the molecule is COC(=O)C1C(C)=NC(=O)N(N(C=O)C(C(C)O)N2CCC(c3ccccn3)CC2)C1c1ccc(F)c(F)c1. The van der Waals surface area contributed by atoms with E-state index in [1.54, 1.807) is 6.20 Å². The Morgan fingerprint density at radius 3 is 2.49 bits per heavy atom. The molecule has 208 valence electrons. The van der Waals surface area contributed by atoms with E-state index in [2.05, 4.69) is 9.98 Å². The van der Waals surface area contributed by atoms with E-state index >= 15 is 0 Å². The molecule has 1 N–H and O–H groups in total. The third-order valence-electron chi connectivity index (χ3n) is 7.31. The van der Waals surface area contributed by atoms with Crippen LogP contribution in [-0.4, -0.2) is 81.6 Å². The number of methoxy groups -OCH3 is 1. The topological polar surface area (TPSA) is 116 Å². The molecule has 0 aliphatic carbocycles. The van der Waals surface area contributed by atoms with Crippen LogP contribution in [0.1, 0.15) is 49.9 Å². The molecule has 2 aromatic rings. The van der Waals surface area contributed by atoms with Crippen molar-refractivity contribution < 1.29 is 33.0 Å². The molecule has 1 saturated heterocycles. The zero-order valence-corrected chi connectivity index (χ0v) is 21.9. The number of likely N-dealkylation sites (tertiary alicyclic amines) is 1. The Morgan fingerprint density at radius 1 is 1.21 bits per heavy atom. The molecular weight excluding hydrogens is 512 g/mol. The average molecular weight is 544 g/mol. The fraction of sp³-hybridized carbons (Fsp3) is 0.444. The summed E-state index contributed by atoms with van der Waals surface area (Å²) in [6, 6.07) is 6.50. The second kappa shape index (κ2) is 12.0. The lowest BCUT2D eigenvalue weighted by molar-refractivity contribution is -0.170. The quantitative estimate of drug-likeness (QED) is 0.402. The van der Waals surface area contributed by atoms with E-state index in [4.69, 9.17) is 4.74 Å². The Balaban J connectivity index is 1.72. The Hall–Kier alpha value is -3.77. The Morgan fingerprint density at radius 2 is 1.92 bits per heavy atom. The summed E-state index contributed by atoms with van der Waals surface area (Å²) in [4.78, 5) is 49.1. The maximum absolute atomic E-state index is 14.3. The highest BCUT2D eigenvalue weighted by molar-refractivity contribution is 6.08. The number of esters is 1. The number of rotatable bonds is 8. The molecular formula is C27H31F2N5O5. The number of carbonyl (C=O) groups excluding carboxylic acids is 3. The molecule has 4 atom stereocenters. The van der Waals surface area contributed by atoms with Crippen LogP contribution in [0.3, 0.4) is 0 Å². The standard InChI is InChI=1S/C27H31F2N5O5/c1-16-23(26(37)39-3)24(19-7-8-20(28)21(29)14-19)34(27(38)31-16)33(15-35)25(17(2)36)32-12-9-18(10-13-32)22-6-4-5-11-30-22/h4-8,11,14-15,17-18,23-25,36H,9-10,12-13H2,1-3H3. The monoisotopic (exact) mass is 543 g/mol. The van der Waals surface area contributed by atoms with Crippen LogP contribution >= 0.6 is 0 Å². The number of nitrogens with zero attached hydrogens (tertiary/aromatic N) is 5. The number of halogens is 2. The van der Waals surface area contributed by atoms with Gasteiger partial charge in [-0.2, -0.15) is 0 Å². The van der Waals surface area contributed by atoms with Crippen LogP contribution in [0.5, 0.6) is 0 Å². The van der Waals surface area contributed by atoms with Gasteiger partial charge in [-0.3, -0.25) is 19.5 Å². The van der Waals surface area contributed by atoms with Gasteiger partial charge in [0.2, 0.25) is 6.41 Å². The number of pyridine rings is 1. The van der Waals surface area contributed by atoms with Crippen molar-refractivity contribution in [1.29, 1.82) is 0 Å². The first-order chi connectivity index (χ1) is 18.7. The number of aliphatic imine (C=N–C) groups is 1. The zero-order chi connectivity index (χ0) is 28.3. The number of hydrogen-bond donors (Lipinski definition) is 1. The van der Waals surface area contributed by atoms with E-state index < -0.39 is 47.9 Å². The van der Waals surface area contributed by atoms with Crippen molar-refractivity contribution >= 4 is 24.1 Å². The number of carbonyl (C=O) groups is 3. The lowest BCUT2D eigenvalue weighted by Gasteiger charge is -2.49. The fourth-order valence-electron chi connectivity index (χ4n) is 5.47. The molecule has 12 heteroatoms. The molecule has 3 heterocycles. The van der Waals surface area contributed by atoms with Gasteiger partial charge in [0, 0.05) is 36.6 Å². The first-order valence-electron chi connectivity index (χ1n) is 12.7. The van der Waals surface area contributed by atoms with E-state index in [9.17, 15) is 28.3 Å². The van der Waals surface area contributed by atoms with Crippen LogP contribution in [0, 0.1) is 17.6 Å². The van der Waals surface area contributed by atoms with Crippen LogP contribution in [0.15, 0.2) is 47.6 Å². The first kappa shape index (κ1) is 28.2. The summed E-state index contributed by atoms with van der Waals surface area (Å²) < 4.78 is 33.1. The molecule has 0 saturated carbocycles. The van der Waals surface area contributed by atoms with Gasteiger partial charge in [0.15, 0.2) is 11.6 Å². The highest BCUT2D eigenvalue weighted by atomic mass is 19.2. The van der Waals surface area contributed by atoms with E-state index in [1.165, 1.54) is 19.9 Å². The summed E-state index contributed by atoms with van der Waals surface area (Å²) >= 11 is 0. The van der Waals surface area contributed by atoms with Crippen LogP contribution in [0.4, 0.5) is 13.6 Å². The van der Waals surface area contributed by atoms with Gasteiger partial charge >= 0.3 is 12.0 Å². The van der Waals surface area contributed by atoms with Crippen molar-refractivity contribution in [3.8, 4) is 0 Å². The summed E-state index contributed by atoms with van der Waals surface area (Å²) in [5.74, 6) is -4.12. The lowest BCUT2D eigenvalue weighted by Crippen LogP contribution is -2.64. The van der Waals surface area contributed by atoms with Crippen molar-refractivity contribution in [1.82, 2.24) is 19.9 Å². The van der Waals surface area contributed by atoms with Gasteiger partial charge in [0.1, 0.15) is 12.1 Å². The van der Waals surface area contributed by atoms with E-state index in [1.807, 2.05) is 23.1 Å². The maximum atomic E-state index is 14.3. The highest BCUT2D eigenvalue weighted by Crippen LogP contribution is 2.38. The van der Waals surface area contributed by atoms with Crippen LogP contribution in [0.2, 0.25) is 0 Å². The van der Waals surface area contributed by atoms with Crippen LogP contribution in [0.25, 0.3) is 0 Å². The number of benzene rings is 1. The molecule has 1 aromatic heterocycles. The van der Waals surface area contributed by atoms with Gasteiger partial charge in [-0.25, -0.2) is 28.6 Å². The second-order valence-electron chi connectivity index (χ2n) is 9.70. The number of amides is 3. The summed E-state index contributed by atoms with van der Waals surface area (Å²) in [6.45, 7) is 3.88. The Bertz CT molecular complexity index is 1240. The minimum absolute atomic E-state index is 0.0527. The first-order valence-corrected chi connectivity index (χ1v) is 12.7. The predicted octanol–water partition coefficient (Wildman–Crippen LogP) is 3.05. The van der Waals surface area contributed by atoms with Gasteiger partial charge < -0.3 is 9.84 Å². The number of hydrogen-bond acceptors (Lipinski definition) is 7. The van der Waals surface area contributed by atoms with Gasteiger partial charge in [0.05, 0.1) is 19.3 Å². The molecule has 0 spiro atoms. The third-order valence-corrected chi connectivity index (χ3v) is 7.31. The molecule has 2 aliphatic heterocycles. The molecule has 0 radical (unpaired) electrons. The molecule has 1 aromatic carbocycles. The number of hydrazine groups is 1. The molecule has 3 amide bonds. The van der Waals surface area contributed by atoms with Gasteiger partial charge in [0.25, 0.3) is 0 Å². The molecule has 2 aliphatic rings. The lowest BCUT2D eigenvalue weighted by atomic mass is 9.87.